The average Bonchev–Trinajstić information content (AvgIpc) is 1.87. The molecular formula is C5H8NO+. The van der Waals surface area contributed by atoms with Crippen molar-refractivity contribution in [2.24, 2.45) is 0 Å². The summed E-state index contributed by atoms with van der Waals surface area (Å²) < 4.78 is 4.91. The topological polar surface area (TPSA) is 27.3 Å². The van der Waals surface area contributed by atoms with E-state index >= 15 is 0 Å². The zero-order valence-electron chi connectivity index (χ0n) is 4.49. The summed E-state index contributed by atoms with van der Waals surface area (Å²) in [4.78, 5) is 2.97. The highest BCUT2D eigenvalue weighted by molar-refractivity contribution is 4.77. The van der Waals surface area contributed by atoms with Crippen molar-refractivity contribution >= 4 is 0 Å². The fourth-order valence-corrected chi connectivity index (χ4v) is 0.513. The minimum Gasteiger partial charge on any atom is -0.410 e. The molecule has 1 heterocycles. The van der Waals surface area contributed by atoms with Gasteiger partial charge in [-0.2, -0.15) is 4.98 Å². The fraction of sp³-hybridized carbons (Fsp3) is 0.400. The monoisotopic (exact) mass is 98.1 g/mol. The van der Waals surface area contributed by atoms with E-state index in [1.807, 2.05) is 13.8 Å². The third-order valence-electron chi connectivity index (χ3n) is 0.786. The molecule has 0 amide bonds. The SMILES string of the molecule is Cc1coc(C)[nH+]1. The third kappa shape index (κ3) is 0.796. The number of aromatic nitrogens is 1. The first-order chi connectivity index (χ1) is 3.29. The normalized spacial score (nSPS) is 9.43. The van der Waals surface area contributed by atoms with Crippen molar-refractivity contribution < 1.29 is 9.40 Å². The predicted octanol–water partition coefficient (Wildman–Crippen LogP) is 0.711. The maximum atomic E-state index is 4.91. The molecular weight excluding hydrogens is 90.1 g/mol. The molecule has 0 aliphatic rings. The average molecular weight is 98.1 g/mol. The van der Waals surface area contributed by atoms with Crippen molar-refractivity contribution in [3.63, 3.8) is 0 Å². The Hall–Kier alpha value is -0.790. The number of hydrogen-bond acceptors (Lipinski definition) is 1. The Morgan fingerprint density at radius 1 is 1.57 bits per heavy atom. The van der Waals surface area contributed by atoms with Gasteiger partial charge in [0.2, 0.25) is 5.69 Å². The van der Waals surface area contributed by atoms with Crippen LogP contribution in [-0.4, -0.2) is 0 Å². The van der Waals surface area contributed by atoms with Crippen LogP contribution in [0.15, 0.2) is 10.7 Å². The van der Waals surface area contributed by atoms with E-state index in [9.17, 15) is 0 Å². The molecule has 1 aromatic rings. The van der Waals surface area contributed by atoms with E-state index in [0.717, 1.165) is 11.6 Å². The number of aryl methyl sites for hydroxylation is 2. The molecule has 0 saturated carbocycles. The first kappa shape index (κ1) is 4.37. The van der Waals surface area contributed by atoms with E-state index in [4.69, 9.17) is 4.42 Å². The van der Waals surface area contributed by atoms with E-state index in [-0.39, 0.29) is 0 Å². The van der Waals surface area contributed by atoms with Gasteiger partial charge in [0.05, 0.1) is 6.92 Å². The van der Waals surface area contributed by atoms with Crippen LogP contribution in [0, 0.1) is 13.8 Å². The van der Waals surface area contributed by atoms with Gasteiger partial charge in [-0.15, -0.1) is 0 Å². The molecule has 0 aliphatic heterocycles. The molecule has 2 nitrogen and oxygen atoms in total. The quantitative estimate of drug-likeness (QED) is 0.469. The number of aromatic amines is 1. The highest BCUT2D eigenvalue weighted by Crippen LogP contribution is 1.88. The zero-order valence-corrected chi connectivity index (χ0v) is 4.49. The number of oxazole rings is 1. The van der Waals surface area contributed by atoms with Gasteiger partial charge in [-0.05, 0) is 0 Å². The highest BCUT2D eigenvalue weighted by atomic mass is 16.3. The van der Waals surface area contributed by atoms with Gasteiger partial charge in [0.25, 0.3) is 0 Å². The lowest BCUT2D eigenvalue weighted by molar-refractivity contribution is -0.402. The molecule has 1 aromatic heterocycles. The summed E-state index contributed by atoms with van der Waals surface area (Å²) >= 11 is 0. The third-order valence-corrected chi connectivity index (χ3v) is 0.786. The summed E-state index contributed by atoms with van der Waals surface area (Å²) in [5, 5.41) is 0. The Labute approximate surface area is 42.2 Å². The predicted molar refractivity (Wildman–Crippen MR) is 24.7 cm³/mol. The van der Waals surface area contributed by atoms with Crippen molar-refractivity contribution in [3.8, 4) is 0 Å². The fourth-order valence-electron chi connectivity index (χ4n) is 0.513. The molecule has 0 unspecified atom stereocenters. The summed E-state index contributed by atoms with van der Waals surface area (Å²) in [6, 6.07) is 0. The summed E-state index contributed by atoms with van der Waals surface area (Å²) in [7, 11) is 0. The van der Waals surface area contributed by atoms with Gasteiger partial charge in [0.1, 0.15) is 0 Å². The smallest absolute Gasteiger partial charge is 0.342 e. The van der Waals surface area contributed by atoms with Gasteiger partial charge < -0.3 is 4.42 Å². The van der Waals surface area contributed by atoms with Crippen LogP contribution in [-0.2, 0) is 0 Å². The lowest BCUT2D eigenvalue weighted by Crippen LogP contribution is -2.03. The van der Waals surface area contributed by atoms with Crippen molar-refractivity contribution in [2.45, 2.75) is 13.8 Å². The number of hydrogen-bond donors (Lipinski definition) is 0. The Bertz CT molecular complexity index is 140. The van der Waals surface area contributed by atoms with Crippen LogP contribution in [0.25, 0.3) is 0 Å². The van der Waals surface area contributed by atoms with Crippen LogP contribution in [0.3, 0.4) is 0 Å². The summed E-state index contributed by atoms with van der Waals surface area (Å²) in [6.45, 7) is 3.84. The highest BCUT2D eigenvalue weighted by Gasteiger charge is 1.96. The standard InChI is InChI=1S/C5H7NO/c1-4-3-7-5(2)6-4/h3H,1-2H3/p+1. The molecule has 7 heavy (non-hydrogen) atoms. The molecule has 0 aliphatic carbocycles. The second kappa shape index (κ2) is 1.37. The second-order valence-electron chi connectivity index (χ2n) is 1.60. The molecule has 2 heteroatoms. The number of nitrogens with one attached hydrogen (secondary N) is 1. The second-order valence-corrected chi connectivity index (χ2v) is 1.60. The van der Waals surface area contributed by atoms with E-state index in [1.54, 1.807) is 6.26 Å². The molecule has 0 bridgehead atoms. The Morgan fingerprint density at radius 2 is 2.29 bits per heavy atom. The lowest BCUT2D eigenvalue weighted by Gasteiger charge is -1.60. The minimum absolute atomic E-state index is 0.859. The van der Waals surface area contributed by atoms with Gasteiger partial charge in [-0.3, -0.25) is 0 Å². The van der Waals surface area contributed by atoms with E-state index in [2.05, 4.69) is 4.98 Å². The first-order valence-electron chi connectivity index (χ1n) is 2.23. The minimum atomic E-state index is 0.859. The van der Waals surface area contributed by atoms with E-state index in [1.165, 1.54) is 0 Å². The zero-order chi connectivity index (χ0) is 5.28. The lowest BCUT2D eigenvalue weighted by atomic mass is 10.6. The summed E-state index contributed by atoms with van der Waals surface area (Å²) in [5.74, 6) is 0.859. The van der Waals surface area contributed by atoms with Crippen LogP contribution in [0.5, 0.6) is 0 Å². The molecule has 38 valence electrons. The maximum Gasteiger partial charge on any atom is 0.342 e. The van der Waals surface area contributed by atoms with Crippen LogP contribution in [0.2, 0.25) is 0 Å². The van der Waals surface area contributed by atoms with Crippen LogP contribution in [0.4, 0.5) is 0 Å². The molecule has 1 rings (SSSR count). The van der Waals surface area contributed by atoms with Gasteiger partial charge in [-0.25, -0.2) is 0 Å². The van der Waals surface area contributed by atoms with Crippen LogP contribution >= 0.6 is 0 Å². The Morgan fingerprint density at radius 3 is 2.43 bits per heavy atom. The van der Waals surface area contributed by atoms with Gasteiger partial charge in [0.15, 0.2) is 6.26 Å². The number of H-pyrrole nitrogens is 1. The molecule has 0 aromatic carbocycles. The molecule has 1 N–H and O–H groups in total. The van der Waals surface area contributed by atoms with Crippen molar-refractivity contribution in [3.05, 3.63) is 17.8 Å². The van der Waals surface area contributed by atoms with E-state index in [0.29, 0.717) is 0 Å². The van der Waals surface area contributed by atoms with Gasteiger partial charge >= 0.3 is 5.89 Å². The molecule has 0 fully saturated rings. The first-order valence-corrected chi connectivity index (χ1v) is 2.23. The van der Waals surface area contributed by atoms with Gasteiger partial charge in [-0.1, -0.05) is 0 Å². The maximum absolute atomic E-state index is 4.91. The summed E-state index contributed by atoms with van der Waals surface area (Å²) in [5.41, 5.74) is 1.07. The summed E-state index contributed by atoms with van der Waals surface area (Å²) in [6.07, 6.45) is 1.69. The molecule has 0 atom stereocenters. The van der Waals surface area contributed by atoms with Crippen molar-refractivity contribution in [1.82, 2.24) is 0 Å². The Kier molecular flexibility index (Phi) is 0.855. The molecule has 0 radical (unpaired) electrons. The van der Waals surface area contributed by atoms with Crippen LogP contribution in [0.1, 0.15) is 11.6 Å². The van der Waals surface area contributed by atoms with E-state index < -0.39 is 0 Å². The molecule has 0 saturated heterocycles. The van der Waals surface area contributed by atoms with Gasteiger partial charge in [0, 0.05) is 6.92 Å². The number of rotatable bonds is 0. The van der Waals surface area contributed by atoms with Crippen molar-refractivity contribution in [2.75, 3.05) is 0 Å². The van der Waals surface area contributed by atoms with Crippen molar-refractivity contribution in [1.29, 1.82) is 0 Å². The largest absolute Gasteiger partial charge is 0.410 e. The van der Waals surface area contributed by atoms with Crippen LogP contribution < -0.4 is 4.98 Å². The Balaban J connectivity index is 3.04. The molecule has 0 spiro atoms.